The number of hydrogen-bond acceptors (Lipinski definition) is 10. The summed E-state index contributed by atoms with van der Waals surface area (Å²) in [5.41, 5.74) is 12.0. The Morgan fingerprint density at radius 1 is 1.02 bits per heavy atom. The first-order chi connectivity index (χ1) is 23.8. The highest BCUT2D eigenvalue weighted by atomic mass is 32.2. The van der Waals surface area contributed by atoms with Gasteiger partial charge in [0.05, 0.1) is 32.0 Å². The van der Waals surface area contributed by atoms with E-state index in [1.807, 2.05) is 24.8 Å². The molecular formula is C38H43N5O5S. The predicted molar refractivity (Wildman–Crippen MR) is 191 cm³/mol. The Bertz CT molecular complexity index is 2060. The molecule has 49 heavy (non-hydrogen) atoms. The van der Waals surface area contributed by atoms with Crippen LogP contribution in [0.3, 0.4) is 0 Å². The lowest BCUT2D eigenvalue weighted by molar-refractivity contribution is -0.0499. The molecular weight excluding hydrogens is 639 g/mol. The van der Waals surface area contributed by atoms with Gasteiger partial charge in [0, 0.05) is 70.2 Å². The second-order valence-electron chi connectivity index (χ2n) is 14.5. The van der Waals surface area contributed by atoms with Crippen LogP contribution < -0.4 is 29.2 Å². The topological polar surface area (TPSA) is 94.7 Å². The first-order valence-electron chi connectivity index (χ1n) is 17.4. The number of ether oxygens (including phenoxy) is 4. The average Bonchev–Trinajstić information content (AvgIpc) is 3.73. The van der Waals surface area contributed by atoms with E-state index in [-0.39, 0.29) is 36.3 Å². The van der Waals surface area contributed by atoms with Gasteiger partial charge in [-0.15, -0.1) is 0 Å². The number of aromatic amines is 1. The number of methoxy groups -OCH3 is 2. The molecule has 1 saturated heterocycles. The molecule has 5 unspecified atom stereocenters. The highest BCUT2D eigenvalue weighted by molar-refractivity contribution is 7.98. The van der Waals surface area contributed by atoms with Crippen molar-refractivity contribution in [2.75, 3.05) is 58.9 Å². The lowest BCUT2D eigenvalue weighted by atomic mass is 9.72. The first-order valence-corrected chi connectivity index (χ1v) is 18.7. The van der Waals surface area contributed by atoms with Gasteiger partial charge in [-0.2, -0.15) is 11.8 Å². The van der Waals surface area contributed by atoms with E-state index >= 15 is 0 Å². The largest absolute Gasteiger partial charge is 0.504 e. The third-order valence-corrected chi connectivity index (χ3v) is 13.5. The van der Waals surface area contributed by atoms with Crippen LogP contribution in [-0.4, -0.2) is 85.9 Å². The van der Waals surface area contributed by atoms with Gasteiger partial charge < -0.3 is 33.9 Å². The quantitative estimate of drug-likeness (QED) is 0.251. The van der Waals surface area contributed by atoms with E-state index < -0.39 is 0 Å². The maximum absolute atomic E-state index is 11.9. The predicted octanol–water partition coefficient (Wildman–Crippen LogP) is 5.64. The molecule has 11 heteroatoms. The van der Waals surface area contributed by atoms with Crippen molar-refractivity contribution in [3.63, 3.8) is 0 Å². The number of anilines is 1. The van der Waals surface area contributed by atoms with Crippen LogP contribution in [0.5, 0.6) is 28.7 Å². The molecule has 6 aliphatic rings. The van der Waals surface area contributed by atoms with E-state index in [1.54, 1.807) is 14.2 Å². The number of piperazine rings is 1. The number of aromatic hydroxyl groups is 1. The number of thioether (sulfide) groups is 1. The van der Waals surface area contributed by atoms with Crippen molar-refractivity contribution >= 4 is 28.4 Å². The summed E-state index contributed by atoms with van der Waals surface area (Å²) < 4.78 is 24.0. The fourth-order valence-electron chi connectivity index (χ4n) is 10.5. The molecule has 0 spiro atoms. The average molecular weight is 682 g/mol. The van der Waals surface area contributed by atoms with Crippen LogP contribution in [-0.2, 0) is 12.8 Å². The summed E-state index contributed by atoms with van der Waals surface area (Å²) in [4.78, 5) is 11.8. The van der Waals surface area contributed by atoms with Crippen molar-refractivity contribution in [2.24, 2.45) is 0 Å². The summed E-state index contributed by atoms with van der Waals surface area (Å²) >= 11 is 1.91. The first kappa shape index (κ1) is 30.1. The summed E-state index contributed by atoms with van der Waals surface area (Å²) in [5.74, 6) is 3.58. The molecule has 7 heterocycles. The number of nitrogens with one attached hydrogen (secondary N) is 2. The van der Waals surface area contributed by atoms with Crippen molar-refractivity contribution in [3.05, 3.63) is 68.9 Å². The zero-order chi connectivity index (χ0) is 33.5. The SMILES string of the molecule is COc1ccc2[nH]c3c(c2c1)CCNC3N1CC2c3c4c(c(C)c1c3C(SC)C1C3c5c(cc(C)c(OC)c5O)C[C@H](CN21)N3C)OCO4. The Balaban J connectivity index is 1.18. The minimum absolute atomic E-state index is 0.0123. The molecule has 10 nitrogen and oxygen atoms in total. The summed E-state index contributed by atoms with van der Waals surface area (Å²) in [6, 6.07) is 9.17. The highest BCUT2D eigenvalue weighted by Crippen LogP contribution is 2.65. The number of phenols is 1. The third-order valence-electron chi connectivity index (χ3n) is 12.4. The Hall–Kier alpha value is -3.77. The van der Waals surface area contributed by atoms with E-state index in [0.717, 1.165) is 71.9 Å². The number of aromatic nitrogens is 1. The molecule has 1 aromatic heterocycles. The van der Waals surface area contributed by atoms with Crippen LogP contribution in [0.2, 0.25) is 0 Å². The van der Waals surface area contributed by atoms with E-state index in [9.17, 15) is 5.11 Å². The summed E-state index contributed by atoms with van der Waals surface area (Å²) in [6.45, 7) is 7.13. The smallest absolute Gasteiger partial charge is 0.231 e. The zero-order valence-electron chi connectivity index (χ0n) is 28.8. The van der Waals surface area contributed by atoms with Crippen molar-refractivity contribution in [2.45, 2.75) is 62.3 Å². The molecule has 256 valence electrons. The number of rotatable bonds is 4. The van der Waals surface area contributed by atoms with Gasteiger partial charge in [-0.3, -0.25) is 15.1 Å². The molecule has 3 N–H and O–H groups in total. The number of benzene rings is 3. The molecule has 4 aromatic rings. The molecule has 1 fully saturated rings. The molecule has 6 aliphatic heterocycles. The van der Waals surface area contributed by atoms with Crippen LogP contribution in [0.1, 0.15) is 68.1 Å². The van der Waals surface area contributed by atoms with Gasteiger partial charge in [0.15, 0.2) is 23.0 Å². The molecule has 0 aliphatic carbocycles. The maximum atomic E-state index is 11.9. The number of fused-ring (bicyclic) bond motifs is 11. The molecule has 0 amide bonds. The van der Waals surface area contributed by atoms with Gasteiger partial charge in [-0.05, 0) is 80.4 Å². The van der Waals surface area contributed by atoms with Crippen LogP contribution in [0.25, 0.3) is 10.9 Å². The van der Waals surface area contributed by atoms with Gasteiger partial charge in [0.2, 0.25) is 6.79 Å². The zero-order valence-corrected chi connectivity index (χ0v) is 29.7. The van der Waals surface area contributed by atoms with Crippen LogP contribution in [0.15, 0.2) is 24.3 Å². The lowest BCUT2D eigenvalue weighted by Gasteiger charge is -2.62. The number of hydrogen-bond donors (Lipinski definition) is 3. The second-order valence-corrected chi connectivity index (χ2v) is 15.5. The Morgan fingerprint density at radius 3 is 2.65 bits per heavy atom. The summed E-state index contributed by atoms with van der Waals surface area (Å²) in [6.07, 6.45) is 4.06. The van der Waals surface area contributed by atoms with E-state index in [0.29, 0.717) is 17.5 Å². The lowest BCUT2D eigenvalue weighted by Crippen LogP contribution is -2.66. The molecule has 10 rings (SSSR count). The molecule has 0 saturated carbocycles. The van der Waals surface area contributed by atoms with Crippen molar-refractivity contribution < 1.29 is 24.1 Å². The number of H-pyrrole nitrogens is 1. The monoisotopic (exact) mass is 681 g/mol. The summed E-state index contributed by atoms with van der Waals surface area (Å²) in [5, 5.41) is 17.1. The Labute approximate surface area is 290 Å². The standard InChI is InChI=1S/C38H43N5O5S/c1-17-11-19-12-20-14-42-25-15-43(38-29-22(9-10-39-38)23-13-21(45-4)7-8-24(23)40-29)30-18(2)35-36(48-16-47-35)27(25)28(30)37(49-6)32(42)31(41(20)3)26(19)33(44)34(17)46-5/h7-8,11,13,20,25,31-32,37-40,44H,9-10,12,14-16H2,1-6H3/t20-,25?,31?,32?,37?,38?/m1/s1. The van der Waals surface area contributed by atoms with Crippen molar-refractivity contribution in [1.82, 2.24) is 20.1 Å². The van der Waals surface area contributed by atoms with Crippen molar-refractivity contribution in [1.29, 1.82) is 0 Å². The van der Waals surface area contributed by atoms with E-state index in [4.69, 9.17) is 18.9 Å². The van der Waals surface area contributed by atoms with Crippen LogP contribution in [0, 0.1) is 13.8 Å². The fourth-order valence-corrected chi connectivity index (χ4v) is 11.5. The second kappa shape index (κ2) is 10.6. The van der Waals surface area contributed by atoms with Gasteiger partial charge in [-0.25, -0.2) is 0 Å². The normalized spacial score (nSPS) is 27.9. The summed E-state index contributed by atoms with van der Waals surface area (Å²) in [7, 11) is 5.65. The van der Waals surface area contributed by atoms with Gasteiger partial charge in [0.25, 0.3) is 0 Å². The number of likely N-dealkylation sites (N-methyl/N-ethyl adjacent to an activating group) is 1. The van der Waals surface area contributed by atoms with Gasteiger partial charge in [-0.1, -0.05) is 6.07 Å². The number of phenolic OH excluding ortho intramolecular Hbond substituents is 1. The Kier molecular flexibility index (Phi) is 6.52. The fraction of sp³-hybridized carbons (Fsp3) is 0.474. The minimum Gasteiger partial charge on any atom is -0.504 e. The third kappa shape index (κ3) is 3.84. The van der Waals surface area contributed by atoms with Crippen LogP contribution in [0.4, 0.5) is 5.69 Å². The molecule has 3 aromatic carbocycles. The van der Waals surface area contributed by atoms with Gasteiger partial charge in [0.1, 0.15) is 11.9 Å². The van der Waals surface area contributed by atoms with Crippen molar-refractivity contribution in [3.8, 4) is 28.7 Å². The number of nitrogens with zero attached hydrogens (tertiary/aromatic N) is 3. The van der Waals surface area contributed by atoms with Gasteiger partial charge >= 0.3 is 0 Å². The molecule has 6 bridgehead atoms. The number of aryl methyl sites for hydroxylation is 1. The maximum Gasteiger partial charge on any atom is 0.231 e. The van der Waals surface area contributed by atoms with E-state index in [1.165, 1.54) is 39.0 Å². The van der Waals surface area contributed by atoms with Crippen LogP contribution >= 0.6 is 11.8 Å². The Morgan fingerprint density at radius 2 is 1.86 bits per heavy atom. The van der Waals surface area contributed by atoms with E-state index in [2.05, 4.69) is 63.4 Å². The highest BCUT2D eigenvalue weighted by Gasteiger charge is 2.58. The minimum atomic E-state index is -0.0290. The molecule has 6 atom stereocenters. The molecule has 0 radical (unpaired) electrons.